The molecule has 3 rings (SSSR count). The molecule has 0 radical (unpaired) electrons. The first-order valence-corrected chi connectivity index (χ1v) is 12.8. The summed E-state index contributed by atoms with van der Waals surface area (Å²) in [6.45, 7) is 5.17. The minimum absolute atomic E-state index is 0.0109. The molecule has 1 fully saturated rings. The molecule has 0 aliphatic heterocycles. The Labute approximate surface area is 220 Å². The van der Waals surface area contributed by atoms with Gasteiger partial charge in [-0.1, -0.05) is 30.3 Å². The molecule has 0 spiro atoms. The fraction of sp³-hybridized carbons (Fsp3) is 0.500. The molecule has 0 heterocycles. The number of halogens is 3. The van der Waals surface area contributed by atoms with Gasteiger partial charge in [0.15, 0.2) is 5.54 Å². The molecule has 208 valence electrons. The second kappa shape index (κ2) is 12.1. The van der Waals surface area contributed by atoms with Crippen molar-refractivity contribution in [3.63, 3.8) is 0 Å². The van der Waals surface area contributed by atoms with E-state index in [-0.39, 0.29) is 24.5 Å². The molecule has 3 N–H and O–H groups in total. The molecule has 0 saturated heterocycles. The molecular formula is C28H35F3N2O5. The van der Waals surface area contributed by atoms with E-state index in [1.807, 2.05) is 30.3 Å². The van der Waals surface area contributed by atoms with E-state index in [1.54, 1.807) is 13.8 Å². The summed E-state index contributed by atoms with van der Waals surface area (Å²) in [7, 11) is 0. The first-order chi connectivity index (χ1) is 17.9. The average Bonchev–Trinajstić information content (AvgIpc) is 2.82. The summed E-state index contributed by atoms with van der Waals surface area (Å²) in [6, 6.07) is 10.9. The summed E-state index contributed by atoms with van der Waals surface area (Å²) < 4.78 is 47.8. The van der Waals surface area contributed by atoms with Gasteiger partial charge in [-0.05, 0) is 63.3 Å². The maximum Gasteiger partial charge on any atom is 0.329 e. The van der Waals surface area contributed by atoms with E-state index in [2.05, 4.69) is 5.32 Å². The van der Waals surface area contributed by atoms with Crippen molar-refractivity contribution in [2.24, 2.45) is 0 Å². The van der Waals surface area contributed by atoms with Crippen LogP contribution in [0.2, 0.25) is 0 Å². The number of amides is 2. The molecule has 7 nitrogen and oxygen atoms in total. The number of carbonyl (C=O) groups is 2. The van der Waals surface area contributed by atoms with Crippen molar-refractivity contribution < 1.29 is 37.7 Å². The van der Waals surface area contributed by atoms with Crippen LogP contribution in [0.5, 0.6) is 5.75 Å². The Balaban J connectivity index is 1.85. The highest BCUT2D eigenvalue weighted by atomic mass is 19.3. The van der Waals surface area contributed by atoms with Crippen LogP contribution in [-0.2, 0) is 11.2 Å². The number of alkyl halides is 2. The fourth-order valence-electron chi connectivity index (χ4n) is 4.84. The Hall–Kier alpha value is -3.27. The minimum Gasteiger partial charge on any atom is -0.493 e. The van der Waals surface area contributed by atoms with E-state index in [0.717, 1.165) is 12.0 Å². The number of aliphatic hydroxyl groups excluding tert-OH is 1. The molecule has 2 atom stereocenters. The number of unbranched alkanes of at least 4 members (excludes halogenated alkanes) is 1. The maximum atomic E-state index is 15.0. The second-order valence-corrected chi connectivity index (χ2v) is 9.86. The van der Waals surface area contributed by atoms with Crippen molar-refractivity contribution in [1.82, 2.24) is 10.2 Å². The number of carbonyl (C=O) groups excluding carboxylic acids is 1. The van der Waals surface area contributed by atoms with Crippen molar-refractivity contribution in [2.45, 2.75) is 76.5 Å². The van der Waals surface area contributed by atoms with E-state index in [1.165, 1.54) is 24.0 Å². The van der Waals surface area contributed by atoms with Gasteiger partial charge in [0.1, 0.15) is 11.6 Å². The SMILES string of the molecule is CCOc1cc(C(C)N(CCCCc2ccccc2)C(=O)NC2(C(=O)O)CC(F)(F)C2)cc(F)c1C(C)O. The highest BCUT2D eigenvalue weighted by Crippen LogP contribution is 2.46. The van der Waals surface area contributed by atoms with Gasteiger partial charge in [-0.25, -0.2) is 22.8 Å². The lowest BCUT2D eigenvalue weighted by molar-refractivity contribution is -0.175. The zero-order valence-corrected chi connectivity index (χ0v) is 21.8. The number of nitrogens with zero attached hydrogens (tertiary/aromatic N) is 1. The number of carboxylic acids is 1. The van der Waals surface area contributed by atoms with E-state index in [9.17, 15) is 28.6 Å². The van der Waals surface area contributed by atoms with Gasteiger partial charge in [0, 0.05) is 19.4 Å². The summed E-state index contributed by atoms with van der Waals surface area (Å²) in [6.07, 6.45) is -1.12. The van der Waals surface area contributed by atoms with Gasteiger partial charge in [0.25, 0.3) is 5.92 Å². The third-order valence-electron chi connectivity index (χ3n) is 6.88. The number of hydrogen-bond donors (Lipinski definition) is 3. The number of aliphatic hydroxyl groups is 1. The first kappa shape index (κ1) is 29.3. The number of benzene rings is 2. The van der Waals surface area contributed by atoms with Crippen molar-refractivity contribution >= 4 is 12.0 Å². The molecule has 2 aromatic rings. The molecule has 1 aliphatic rings. The lowest BCUT2D eigenvalue weighted by atomic mass is 9.73. The summed E-state index contributed by atoms with van der Waals surface area (Å²) in [4.78, 5) is 26.5. The Kier molecular flexibility index (Phi) is 9.30. The van der Waals surface area contributed by atoms with Gasteiger partial charge in [0.05, 0.1) is 24.3 Å². The van der Waals surface area contributed by atoms with Crippen LogP contribution >= 0.6 is 0 Å². The summed E-state index contributed by atoms with van der Waals surface area (Å²) >= 11 is 0. The zero-order chi connectivity index (χ0) is 28.1. The maximum absolute atomic E-state index is 15.0. The zero-order valence-electron chi connectivity index (χ0n) is 21.8. The Morgan fingerprint density at radius 3 is 2.34 bits per heavy atom. The third kappa shape index (κ3) is 6.78. The van der Waals surface area contributed by atoms with E-state index < -0.39 is 54.3 Å². The lowest BCUT2D eigenvalue weighted by Gasteiger charge is -2.45. The largest absolute Gasteiger partial charge is 0.493 e. The molecule has 0 aromatic heterocycles. The monoisotopic (exact) mass is 536 g/mol. The van der Waals surface area contributed by atoms with Crippen LogP contribution in [0, 0.1) is 5.82 Å². The number of rotatable bonds is 12. The van der Waals surface area contributed by atoms with E-state index in [0.29, 0.717) is 18.4 Å². The molecule has 1 saturated carbocycles. The molecule has 10 heteroatoms. The van der Waals surface area contributed by atoms with Gasteiger partial charge in [-0.15, -0.1) is 0 Å². The van der Waals surface area contributed by atoms with Crippen LogP contribution in [0.4, 0.5) is 18.0 Å². The van der Waals surface area contributed by atoms with Gasteiger partial charge in [-0.3, -0.25) is 0 Å². The summed E-state index contributed by atoms with van der Waals surface area (Å²) in [5, 5.41) is 21.9. The second-order valence-electron chi connectivity index (χ2n) is 9.86. The van der Waals surface area contributed by atoms with E-state index in [4.69, 9.17) is 4.74 Å². The van der Waals surface area contributed by atoms with Crippen LogP contribution in [0.25, 0.3) is 0 Å². The quantitative estimate of drug-likeness (QED) is 0.306. The van der Waals surface area contributed by atoms with Gasteiger partial charge >= 0.3 is 12.0 Å². The van der Waals surface area contributed by atoms with Gasteiger partial charge < -0.3 is 25.2 Å². The molecule has 0 bridgehead atoms. The van der Waals surface area contributed by atoms with Crippen molar-refractivity contribution in [3.05, 3.63) is 65.0 Å². The predicted molar refractivity (Wildman–Crippen MR) is 136 cm³/mol. The molecule has 2 amide bonds. The minimum atomic E-state index is -3.18. The number of urea groups is 1. The van der Waals surface area contributed by atoms with Crippen LogP contribution in [0.3, 0.4) is 0 Å². The Bertz CT molecular complexity index is 1120. The molecule has 38 heavy (non-hydrogen) atoms. The van der Waals surface area contributed by atoms with Crippen LogP contribution in [-0.4, -0.2) is 51.7 Å². The number of nitrogens with one attached hydrogen (secondary N) is 1. The number of aryl methyl sites for hydroxylation is 1. The van der Waals surface area contributed by atoms with Crippen LogP contribution in [0.1, 0.15) is 75.3 Å². The third-order valence-corrected chi connectivity index (χ3v) is 6.88. The smallest absolute Gasteiger partial charge is 0.329 e. The van der Waals surface area contributed by atoms with Crippen LogP contribution in [0.15, 0.2) is 42.5 Å². The topological polar surface area (TPSA) is 99.1 Å². The Morgan fingerprint density at radius 2 is 1.79 bits per heavy atom. The molecular weight excluding hydrogens is 501 g/mol. The molecule has 1 aliphatic carbocycles. The van der Waals surface area contributed by atoms with Crippen molar-refractivity contribution in [3.8, 4) is 5.75 Å². The van der Waals surface area contributed by atoms with Crippen molar-refractivity contribution in [1.29, 1.82) is 0 Å². The number of ether oxygens (including phenoxy) is 1. The van der Waals surface area contributed by atoms with Gasteiger partial charge in [-0.2, -0.15) is 0 Å². The molecule has 2 aromatic carbocycles. The highest BCUT2D eigenvalue weighted by molar-refractivity contribution is 5.88. The Morgan fingerprint density at radius 1 is 1.13 bits per heavy atom. The molecule has 2 unspecified atom stereocenters. The predicted octanol–water partition coefficient (Wildman–Crippen LogP) is 5.63. The standard InChI is InChI=1S/C28H35F3N2O5/c1-4-38-23-15-21(14-22(29)24(23)19(3)34)18(2)33(13-9-8-12-20-10-6-5-7-11-20)26(37)32-27(25(35)36)16-28(30,31)17-27/h5-7,10-11,14-15,18-19,34H,4,8-9,12-13,16-17H2,1-3H3,(H,32,37)(H,35,36). The number of carboxylic acid groups (broad SMARTS) is 1. The highest BCUT2D eigenvalue weighted by Gasteiger charge is 2.62. The summed E-state index contributed by atoms with van der Waals surface area (Å²) in [5.41, 5.74) is -0.601. The normalized spacial score (nSPS) is 17.1. The number of hydrogen-bond acceptors (Lipinski definition) is 4. The fourth-order valence-corrected chi connectivity index (χ4v) is 4.84. The van der Waals surface area contributed by atoms with Gasteiger partial charge in [0.2, 0.25) is 0 Å². The lowest BCUT2D eigenvalue weighted by Crippen LogP contribution is -2.68. The first-order valence-electron chi connectivity index (χ1n) is 12.8. The summed E-state index contributed by atoms with van der Waals surface area (Å²) in [5.74, 6) is -5.28. The van der Waals surface area contributed by atoms with Crippen LogP contribution < -0.4 is 10.1 Å². The van der Waals surface area contributed by atoms with E-state index >= 15 is 4.39 Å². The average molecular weight is 537 g/mol. The van der Waals surface area contributed by atoms with Crippen molar-refractivity contribution in [2.75, 3.05) is 13.2 Å². The number of aliphatic carboxylic acids is 1.